The Bertz CT molecular complexity index is 485. The Balaban J connectivity index is 2.33. The number of nitrogens with one attached hydrogen (secondary N) is 1. The van der Waals surface area contributed by atoms with Crippen molar-refractivity contribution in [2.75, 3.05) is 30.9 Å². The normalized spacial score (nSPS) is 13.6. The molecule has 5 heteroatoms. The average Bonchev–Trinajstić information content (AvgIpc) is 2.62. The fourth-order valence-electron chi connectivity index (χ4n) is 1.95. The molecule has 0 saturated heterocycles. The van der Waals surface area contributed by atoms with Crippen molar-refractivity contribution in [1.29, 1.82) is 0 Å². The van der Waals surface area contributed by atoms with Crippen molar-refractivity contribution < 1.29 is 9.59 Å². The topological polar surface area (TPSA) is 52.7 Å². The van der Waals surface area contributed by atoms with Gasteiger partial charge < -0.3 is 10.2 Å². The zero-order valence-corrected chi connectivity index (χ0v) is 10.2. The van der Waals surface area contributed by atoms with Crippen LogP contribution in [0.5, 0.6) is 0 Å². The molecule has 1 aliphatic rings. The van der Waals surface area contributed by atoms with Crippen molar-refractivity contribution in [2.45, 2.75) is 6.42 Å². The van der Waals surface area contributed by atoms with Gasteiger partial charge in [0.25, 0.3) is 0 Å². The van der Waals surface area contributed by atoms with Crippen LogP contribution in [0.15, 0.2) is 18.2 Å². The zero-order chi connectivity index (χ0) is 12.6. The van der Waals surface area contributed by atoms with E-state index in [1.165, 1.54) is 4.90 Å². The van der Waals surface area contributed by atoms with Gasteiger partial charge in [-0.2, -0.15) is 0 Å². The van der Waals surface area contributed by atoms with Gasteiger partial charge in [0.1, 0.15) is 0 Å². The summed E-state index contributed by atoms with van der Waals surface area (Å²) in [7, 11) is 5.04. The quantitative estimate of drug-likeness (QED) is 0.786. The molecule has 0 fully saturated rings. The summed E-state index contributed by atoms with van der Waals surface area (Å²) in [6.45, 7) is 0. The first-order valence-electron chi connectivity index (χ1n) is 5.39. The molecule has 1 aliphatic heterocycles. The second-order valence-corrected chi connectivity index (χ2v) is 4.06. The highest BCUT2D eigenvalue weighted by Crippen LogP contribution is 2.30. The summed E-state index contributed by atoms with van der Waals surface area (Å²) in [6, 6.07) is 5.41. The number of amides is 3. The SMILES string of the molecule is CNC(=O)N(C)c1ccc2c(c1)CC(=O)N2C. The van der Waals surface area contributed by atoms with Gasteiger partial charge in [0, 0.05) is 32.5 Å². The molecule has 5 nitrogen and oxygen atoms in total. The van der Waals surface area contributed by atoms with Gasteiger partial charge in [-0.1, -0.05) is 0 Å². The van der Waals surface area contributed by atoms with Crippen LogP contribution in [-0.4, -0.2) is 33.1 Å². The van der Waals surface area contributed by atoms with Crippen LogP contribution in [0.3, 0.4) is 0 Å². The Kier molecular flexibility index (Phi) is 2.75. The standard InChI is InChI=1S/C12H15N3O2/c1-13-12(17)14(2)9-4-5-10-8(6-9)7-11(16)15(10)3/h4-6H,7H2,1-3H3,(H,13,17). The van der Waals surface area contributed by atoms with Gasteiger partial charge in [-0.05, 0) is 23.8 Å². The van der Waals surface area contributed by atoms with Crippen LogP contribution in [0.1, 0.15) is 5.56 Å². The van der Waals surface area contributed by atoms with Crippen LogP contribution in [0.4, 0.5) is 16.2 Å². The van der Waals surface area contributed by atoms with Crippen LogP contribution in [0.25, 0.3) is 0 Å². The molecule has 0 radical (unpaired) electrons. The molecular weight excluding hydrogens is 218 g/mol. The van der Waals surface area contributed by atoms with Crippen molar-refractivity contribution in [1.82, 2.24) is 5.32 Å². The highest BCUT2D eigenvalue weighted by Gasteiger charge is 2.24. The first-order chi connectivity index (χ1) is 8.04. The number of carbonyl (C=O) groups is 2. The first-order valence-corrected chi connectivity index (χ1v) is 5.39. The van der Waals surface area contributed by atoms with E-state index in [2.05, 4.69) is 5.32 Å². The van der Waals surface area contributed by atoms with E-state index in [-0.39, 0.29) is 11.9 Å². The number of likely N-dealkylation sites (N-methyl/N-ethyl adjacent to an activating group) is 1. The van der Waals surface area contributed by atoms with Gasteiger partial charge in [0.15, 0.2) is 0 Å². The van der Waals surface area contributed by atoms with Gasteiger partial charge in [0.05, 0.1) is 6.42 Å². The van der Waals surface area contributed by atoms with Gasteiger partial charge in [-0.3, -0.25) is 9.69 Å². The molecule has 90 valence electrons. The summed E-state index contributed by atoms with van der Waals surface area (Å²) >= 11 is 0. The Morgan fingerprint density at radius 1 is 1.47 bits per heavy atom. The van der Waals surface area contributed by atoms with Crippen LogP contribution in [0, 0.1) is 0 Å². The highest BCUT2D eigenvalue weighted by molar-refractivity contribution is 6.02. The summed E-state index contributed by atoms with van der Waals surface area (Å²) in [5.41, 5.74) is 2.67. The summed E-state index contributed by atoms with van der Waals surface area (Å²) in [5, 5.41) is 2.56. The van der Waals surface area contributed by atoms with Crippen molar-refractivity contribution >= 4 is 23.3 Å². The highest BCUT2D eigenvalue weighted by atomic mass is 16.2. The lowest BCUT2D eigenvalue weighted by atomic mass is 10.1. The summed E-state index contributed by atoms with van der Waals surface area (Å²) in [4.78, 5) is 26.2. The number of urea groups is 1. The molecule has 0 saturated carbocycles. The Morgan fingerprint density at radius 2 is 2.18 bits per heavy atom. The first kappa shape index (κ1) is 11.4. The summed E-state index contributed by atoms with van der Waals surface area (Å²) < 4.78 is 0. The molecule has 1 aromatic rings. The molecule has 0 bridgehead atoms. The van der Waals surface area contributed by atoms with E-state index in [1.54, 1.807) is 26.0 Å². The number of carbonyl (C=O) groups excluding carboxylic acids is 2. The lowest BCUT2D eigenvalue weighted by molar-refractivity contribution is -0.117. The molecule has 1 aromatic carbocycles. The Hall–Kier alpha value is -2.04. The van der Waals surface area contributed by atoms with E-state index in [4.69, 9.17) is 0 Å². The third-order valence-electron chi connectivity index (χ3n) is 3.05. The number of anilines is 2. The number of rotatable bonds is 1. The predicted molar refractivity (Wildman–Crippen MR) is 66.4 cm³/mol. The molecule has 17 heavy (non-hydrogen) atoms. The van der Waals surface area contributed by atoms with E-state index in [0.29, 0.717) is 6.42 Å². The fraction of sp³-hybridized carbons (Fsp3) is 0.333. The van der Waals surface area contributed by atoms with Gasteiger partial charge >= 0.3 is 6.03 Å². The van der Waals surface area contributed by atoms with Crippen molar-refractivity contribution in [3.8, 4) is 0 Å². The van der Waals surface area contributed by atoms with Crippen molar-refractivity contribution in [3.05, 3.63) is 23.8 Å². The van der Waals surface area contributed by atoms with E-state index in [9.17, 15) is 9.59 Å². The number of benzene rings is 1. The van der Waals surface area contributed by atoms with E-state index in [1.807, 2.05) is 18.2 Å². The largest absolute Gasteiger partial charge is 0.341 e. The molecular formula is C12H15N3O2. The molecule has 0 aliphatic carbocycles. The number of nitrogens with zero attached hydrogens (tertiary/aromatic N) is 2. The van der Waals surface area contributed by atoms with Crippen LogP contribution in [0.2, 0.25) is 0 Å². The predicted octanol–water partition coefficient (Wildman–Crippen LogP) is 0.981. The third kappa shape index (κ3) is 1.84. The Labute approximate surface area is 100 Å². The minimum absolute atomic E-state index is 0.0831. The maximum atomic E-state index is 11.5. The van der Waals surface area contributed by atoms with E-state index in [0.717, 1.165) is 16.9 Å². The molecule has 2 rings (SSSR count). The van der Waals surface area contributed by atoms with Crippen LogP contribution < -0.4 is 15.1 Å². The molecule has 1 N–H and O–H groups in total. The van der Waals surface area contributed by atoms with Gasteiger partial charge in [-0.25, -0.2) is 4.79 Å². The zero-order valence-electron chi connectivity index (χ0n) is 10.2. The van der Waals surface area contributed by atoms with Gasteiger partial charge in [-0.15, -0.1) is 0 Å². The van der Waals surface area contributed by atoms with Crippen LogP contribution in [-0.2, 0) is 11.2 Å². The maximum Gasteiger partial charge on any atom is 0.321 e. The molecule has 1 heterocycles. The molecule has 0 unspecified atom stereocenters. The lowest BCUT2D eigenvalue weighted by Crippen LogP contribution is -2.34. The summed E-state index contributed by atoms with van der Waals surface area (Å²) in [5.74, 6) is 0.0831. The van der Waals surface area contributed by atoms with Gasteiger partial charge in [0.2, 0.25) is 5.91 Å². The van der Waals surface area contributed by atoms with Crippen LogP contribution >= 0.6 is 0 Å². The minimum Gasteiger partial charge on any atom is -0.341 e. The Morgan fingerprint density at radius 3 is 2.82 bits per heavy atom. The second kappa shape index (κ2) is 4.08. The number of fused-ring (bicyclic) bond motifs is 1. The fourth-order valence-corrected chi connectivity index (χ4v) is 1.95. The van der Waals surface area contributed by atoms with Crippen molar-refractivity contribution in [3.63, 3.8) is 0 Å². The number of hydrogen-bond acceptors (Lipinski definition) is 2. The second-order valence-electron chi connectivity index (χ2n) is 4.06. The minimum atomic E-state index is -0.178. The lowest BCUT2D eigenvalue weighted by Gasteiger charge is -2.18. The average molecular weight is 233 g/mol. The molecule has 3 amide bonds. The smallest absolute Gasteiger partial charge is 0.321 e. The molecule has 0 aromatic heterocycles. The molecule has 0 spiro atoms. The van der Waals surface area contributed by atoms with E-state index >= 15 is 0 Å². The molecule has 0 atom stereocenters. The van der Waals surface area contributed by atoms with E-state index < -0.39 is 0 Å². The third-order valence-corrected chi connectivity index (χ3v) is 3.05. The summed E-state index contributed by atoms with van der Waals surface area (Å²) in [6.07, 6.45) is 0.404. The monoisotopic (exact) mass is 233 g/mol. The van der Waals surface area contributed by atoms with Crippen molar-refractivity contribution in [2.24, 2.45) is 0 Å². The number of hydrogen-bond donors (Lipinski definition) is 1. The maximum absolute atomic E-state index is 11.5.